The molecular formula is C9H13ClN2O2S2. The Labute approximate surface area is 108 Å². The Morgan fingerprint density at radius 1 is 1.50 bits per heavy atom. The molecule has 0 bridgehead atoms. The summed E-state index contributed by atoms with van der Waals surface area (Å²) >= 11 is 8.40. The third-order valence-electron chi connectivity index (χ3n) is 1.31. The van der Waals surface area contributed by atoms with Crippen molar-refractivity contribution in [1.29, 1.82) is 0 Å². The highest BCUT2D eigenvalue weighted by Crippen LogP contribution is 2.20. The van der Waals surface area contributed by atoms with Crippen LogP contribution in [0.25, 0.3) is 0 Å². The minimum atomic E-state index is -0.427. The molecule has 0 spiro atoms. The summed E-state index contributed by atoms with van der Waals surface area (Å²) in [4.78, 5) is 11.4. The molecule has 0 unspecified atom stereocenters. The summed E-state index contributed by atoms with van der Waals surface area (Å²) in [5.74, 6) is 0.728. The molecule has 0 N–H and O–H groups in total. The molecule has 1 rings (SSSR count). The lowest BCUT2D eigenvalue weighted by molar-refractivity contribution is -0.151. The Bertz CT molecular complexity index is 363. The number of ether oxygens (including phenoxy) is 1. The van der Waals surface area contributed by atoms with Crippen LogP contribution in [-0.2, 0) is 15.3 Å². The molecule has 4 nitrogen and oxygen atoms in total. The zero-order chi connectivity index (χ0) is 12.2. The first kappa shape index (κ1) is 13.7. The molecule has 0 fully saturated rings. The van der Waals surface area contributed by atoms with Gasteiger partial charge in [-0.3, -0.25) is 4.79 Å². The molecule has 0 atom stereocenters. The summed E-state index contributed by atoms with van der Waals surface area (Å²) in [5, 5.41) is 8.35. The highest BCUT2D eigenvalue weighted by Gasteiger charge is 2.16. The van der Waals surface area contributed by atoms with Crippen molar-refractivity contribution in [3.05, 3.63) is 9.47 Å². The summed E-state index contributed by atoms with van der Waals surface area (Å²) in [6, 6.07) is 0. The van der Waals surface area contributed by atoms with Gasteiger partial charge in [-0.1, -0.05) is 11.3 Å². The number of esters is 1. The van der Waals surface area contributed by atoms with E-state index in [0.717, 1.165) is 5.01 Å². The largest absolute Gasteiger partial charge is 0.459 e. The van der Waals surface area contributed by atoms with Crippen molar-refractivity contribution in [2.45, 2.75) is 32.1 Å². The summed E-state index contributed by atoms with van der Waals surface area (Å²) in [7, 11) is 0. The van der Waals surface area contributed by atoms with Crippen molar-refractivity contribution in [2.75, 3.05) is 5.75 Å². The van der Waals surface area contributed by atoms with Gasteiger partial charge in [-0.15, -0.1) is 22.0 Å². The van der Waals surface area contributed by atoms with Crippen molar-refractivity contribution in [3.8, 4) is 0 Å². The molecule has 0 aliphatic carbocycles. The molecule has 0 amide bonds. The van der Waals surface area contributed by atoms with Crippen molar-refractivity contribution in [2.24, 2.45) is 0 Å². The second kappa shape index (κ2) is 5.84. The number of aromatic nitrogens is 2. The molecule has 90 valence electrons. The molecule has 1 heterocycles. The van der Waals surface area contributed by atoms with Gasteiger partial charge < -0.3 is 4.74 Å². The van der Waals surface area contributed by atoms with Crippen molar-refractivity contribution < 1.29 is 9.53 Å². The average molecular weight is 281 g/mol. The number of carbonyl (C=O) groups is 1. The molecular weight excluding hydrogens is 268 g/mol. The van der Waals surface area contributed by atoms with Crippen molar-refractivity contribution in [1.82, 2.24) is 10.2 Å². The summed E-state index contributed by atoms with van der Waals surface area (Å²) in [6.45, 7) is 5.54. The first-order valence-electron chi connectivity index (χ1n) is 4.64. The molecule has 0 saturated heterocycles. The molecule has 0 radical (unpaired) electrons. The number of rotatable bonds is 4. The van der Waals surface area contributed by atoms with E-state index in [1.54, 1.807) is 0 Å². The smallest absolute Gasteiger partial charge is 0.316 e. The fourth-order valence-electron chi connectivity index (χ4n) is 0.884. The zero-order valence-corrected chi connectivity index (χ0v) is 11.7. The zero-order valence-electron chi connectivity index (χ0n) is 9.32. The fraction of sp³-hybridized carbons (Fsp3) is 0.667. The van der Waals surface area contributed by atoms with Crippen molar-refractivity contribution in [3.63, 3.8) is 0 Å². The fourth-order valence-corrected chi connectivity index (χ4v) is 2.59. The lowest BCUT2D eigenvalue weighted by Crippen LogP contribution is -2.24. The summed E-state index contributed by atoms with van der Waals surface area (Å²) in [6.07, 6.45) is 0. The quantitative estimate of drug-likeness (QED) is 0.794. The van der Waals surface area contributed by atoms with E-state index in [4.69, 9.17) is 16.3 Å². The minimum Gasteiger partial charge on any atom is -0.459 e. The third-order valence-corrected chi connectivity index (χ3v) is 3.43. The Balaban J connectivity index is 2.23. The average Bonchev–Trinajstić information content (AvgIpc) is 2.48. The van der Waals surface area contributed by atoms with Gasteiger partial charge in [-0.25, -0.2) is 0 Å². The first-order chi connectivity index (χ1) is 7.37. The molecule has 1 aromatic rings. The molecule has 1 aromatic heterocycles. The SMILES string of the molecule is CC(C)(C)OC(=O)CSCc1nnc(Cl)s1. The van der Waals surface area contributed by atoms with Crippen molar-refractivity contribution >= 4 is 40.7 Å². The van der Waals surface area contributed by atoms with Crippen LogP contribution in [0.3, 0.4) is 0 Å². The summed E-state index contributed by atoms with van der Waals surface area (Å²) in [5.41, 5.74) is -0.427. The topological polar surface area (TPSA) is 52.1 Å². The van der Waals surface area contributed by atoms with E-state index >= 15 is 0 Å². The van der Waals surface area contributed by atoms with Crippen LogP contribution in [0.1, 0.15) is 25.8 Å². The van der Waals surface area contributed by atoms with Gasteiger partial charge in [0.05, 0.1) is 5.75 Å². The first-order valence-corrected chi connectivity index (χ1v) is 6.99. The van der Waals surface area contributed by atoms with Gasteiger partial charge in [-0.2, -0.15) is 0 Å². The lowest BCUT2D eigenvalue weighted by atomic mass is 10.2. The Morgan fingerprint density at radius 2 is 2.19 bits per heavy atom. The van der Waals surface area contributed by atoms with Crippen LogP contribution in [-0.4, -0.2) is 27.5 Å². The van der Waals surface area contributed by atoms with E-state index in [1.807, 2.05) is 20.8 Å². The van der Waals surface area contributed by atoms with E-state index in [0.29, 0.717) is 16.0 Å². The van der Waals surface area contributed by atoms with Crippen LogP contribution in [0.5, 0.6) is 0 Å². The molecule has 0 aromatic carbocycles. The second-order valence-electron chi connectivity index (χ2n) is 4.03. The van der Waals surface area contributed by atoms with E-state index in [1.165, 1.54) is 23.1 Å². The molecule has 7 heteroatoms. The maximum Gasteiger partial charge on any atom is 0.316 e. The van der Waals surface area contributed by atoms with Crippen LogP contribution in [0, 0.1) is 0 Å². The molecule has 0 saturated carbocycles. The number of thioether (sulfide) groups is 1. The van der Waals surface area contributed by atoms with E-state index in [9.17, 15) is 4.79 Å². The van der Waals surface area contributed by atoms with Gasteiger partial charge in [0.2, 0.25) is 4.47 Å². The molecule has 0 aliphatic heterocycles. The van der Waals surface area contributed by atoms with Gasteiger partial charge in [0.1, 0.15) is 10.6 Å². The second-order valence-corrected chi connectivity index (χ2v) is 6.66. The Morgan fingerprint density at radius 3 is 2.69 bits per heavy atom. The maximum absolute atomic E-state index is 11.4. The van der Waals surface area contributed by atoms with Gasteiger partial charge in [0.25, 0.3) is 0 Å². The number of nitrogens with zero attached hydrogens (tertiary/aromatic N) is 2. The van der Waals surface area contributed by atoms with Crippen LogP contribution in [0.4, 0.5) is 0 Å². The Hall–Kier alpha value is -0.330. The van der Waals surface area contributed by atoms with E-state index in [-0.39, 0.29) is 5.97 Å². The van der Waals surface area contributed by atoms with Gasteiger partial charge in [0.15, 0.2) is 0 Å². The predicted molar refractivity (Wildman–Crippen MR) is 66.9 cm³/mol. The number of halogens is 1. The normalized spacial score (nSPS) is 11.5. The van der Waals surface area contributed by atoms with Crippen LogP contribution in [0.15, 0.2) is 0 Å². The van der Waals surface area contributed by atoms with Gasteiger partial charge in [0, 0.05) is 5.75 Å². The number of hydrogen-bond donors (Lipinski definition) is 0. The van der Waals surface area contributed by atoms with Gasteiger partial charge in [-0.05, 0) is 32.4 Å². The third kappa shape index (κ3) is 5.67. The van der Waals surface area contributed by atoms with Crippen LogP contribution >= 0.6 is 34.7 Å². The Kier molecular flexibility index (Phi) is 5.01. The van der Waals surface area contributed by atoms with Crippen LogP contribution in [0.2, 0.25) is 4.47 Å². The monoisotopic (exact) mass is 280 g/mol. The number of carbonyl (C=O) groups excluding carboxylic acids is 1. The minimum absolute atomic E-state index is 0.215. The van der Waals surface area contributed by atoms with Gasteiger partial charge >= 0.3 is 5.97 Å². The summed E-state index contributed by atoms with van der Waals surface area (Å²) < 4.78 is 5.59. The predicted octanol–water partition coefficient (Wildman–Crippen LogP) is 2.77. The molecule has 0 aliphatic rings. The lowest BCUT2D eigenvalue weighted by Gasteiger charge is -2.19. The standard InChI is InChI=1S/C9H13ClN2O2S2/c1-9(2,3)14-7(13)5-15-4-6-11-12-8(10)16-6/h4-5H2,1-3H3. The highest BCUT2D eigenvalue weighted by molar-refractivity contribution is 7.99. The molecule has 16 heavy (non-hydrogen) atoms. The van der Waals surface area contributed by atoms with Crippen LogP contribution < -0.4 is 0 Å². The van der Waals surface area contributed by atoms with E-state index < -0.39 is 5.60 Å². The maximum atomic E-state index is 11.4. The highest BCUT2D eigenvalue weighted by atomic mass is 35.5. The number of hydrogen-bond acceptors (Lipinski definition) is 6. The van der Waals surface area contributed by atoms with E-state index in [2.05, 4.69) is 10.2 Å².